The predicted octanol–water partition coefficient (Wildman–Crippen LogP) is 2.50. The molecule has 1 unspecified atom stereocenters. The average Bonchev–Trinajstić information content (AvgIpc) is 2.87. The lowest BCUT2D eigenvalue weighted by molar-refractivity contribution is -0.858. The third kappa shape index (κ3) is 5.48. The van der Waals surface area contributed by atoms with Gasteiger partial charge in [-0.15, -0.1) is 4.59 Å². The zero-order valence-corrected chi connectivity index (χ0v) is 19.6. The number of likely N-dealkylation sites (N-methyl/N-ethyl adjacent to an activating group) is 1. The summed E-state index contributed by atoms with van der Waals surface area (Å²) in [7, 11) is 0. The lowest BCUT2D eigenvalue weighted by Crippen LogP contribution is -2.55. The van der Waals surface area contributed by atoms with Gasteiger partial charge in [-0.2, -0.15) is 0 Å². The number of benzene rings is 1. The minimum atomic E-state index is -1.51. The standard InChI is InChI=1S/C25H28N4O6/c1-2-29(12-13-34-25(33)35-18-9-4-3-5-10-18)23(30)20(14-21(28-29)24(31)32)27-22-16-26-15-17-8-6-7-11-19(17)22/h6-8,11,14-16,18H,2-5,9-10,12-13H2,1H3,(H-,27,28,31,32). The predicted molar refractivity (Wildman–Crippen MR) is 126 cm³/mol. The number of anilines is 1. The molecule has 2 heterocycles. The van der Waals surface area contributed by atoms with Crippen LogP contribution in [-0.2, 0) is 19.1 Å². The van der Waals surface area contributed by atoms with Gasteiger partial charge in [-0.25, -0.2) is 9.59 Å². The van der Waals surface area contributed by atoms with Gasteiger partial charge in [0.1, 0.15) is 37.2 Å². The molecule has 0 spiro atoms. The molecule has 0 saturated heterocycles. The molecule has 10 heteroatoms. The van der Waals surface area contributed by atoms with Gasteiger partial charge in [-0.05, 0) is 32.6 Å². The van der Waals surface area contributed by atoms with E-state index in [9.17, 15) is 19.5 Å². The van der Waals surface area contributed by atoms with Gasteiger partial charge in [-0.1, -0.05) is 35.8 Å². The molecule has 2 aliphatic rings. The number of aliphatic carboxylic acids is 1. The number of quaternary nitrogens is 1. The van der Waals surface area contributed by atoms with Crippen LogP contribution in [0, 0.1) is 0 Å². The van der Waals surface area contributed by atoms with Crippen molar-refractivity contribution in [1.82, 2.24) is 4.98 Å². The Hall–Kier alpha value is -3.79. The second-order valence-corrected chi connectivity index (χ2v) is 8.61. The van der Waals surface area contributed by atoms with Crippen molar-refractivity contribution in [2.45, 2.75) is 45.1 Å². The molecule has 0 radical (unpaired) electrons. The summed E-state index contributed by atoms with van der Waals surface area (Å²) in [5.41, 5.74) is 0.194. The summed E-state index contributed by atoms with van der Waals surface area (Å²) in [6.45, 7) is 1.62. The Morgan fingerprint density at radius 2 is 1.94 bits per heavy atom. The van der Waals surface area contributed by atoms with Crippen LogP contribution in [0.3, 0.4) is 0 Å². The monoisotopic (exact) mass is 480 g/mol. The second kappa shape index (κ2) is 10.6. The third-order valence-corrected chi connectivity index (χ3v) is 6.35. The summed E-state index contributed by atoms with van der Waals surface area (Å²) in [6.07, 6.45) is 8.24. The Balaban J connectivity index is 1.51. The van der Waals surface area contributed by atoms with E-state index in [-0.39, 0.29) is 37.2 Å². The summed E-state index contributed by atoms with van der Waals surface area (Å²) in [4.78, 5) is 41.6. The highest BCUT2D eigenvalue weighted by atomic mass is 16.7. The van der Waals surface area contributed by atoms with Gasteiger partial charge in [0, 0.05) is 23.0 Å². The Kier molecular flexibility index (Phi) is 7.40. The molecule has 1 saturated carbocycles. The lowest BCUT2D eigenvalue weighted by Gasteiger charge is -2.32. The Morgan fingerprint density at radius 1 is 1.17 bits per heavy atom. The number of amides is 1. The van der Waals surface area contributed by atoms with Crippen LogP contribution in [0.25, 0.3) is 10.8 Å². The van der Waals surface area contributed by atoms with Crippen molar-refractivity contribution in [3.05, 3.63) is 48.4 Å². The van der Waals surface area contributed by atoms with E-state index in [2.05, 4.69) is 15.4 Å². The van der Waals surface area contributed by atoms with Crippen LogP contribution in [0.4, 0.5) is 10.5 Å². The summed E-state index contributed by atoms with van der Waals surface area (Å²) in [5.74, 6) is -1.98. The maximum absolute atomic E-state index is 13.5. The van der Waals surface area contributed by atoms with Crippen LogP contribution in [0.5, 0.6) is 0 Å². The highest BCUT2D eigenvalue weighted by Crippen LogP contribution is 2.27. The van der Waals surface area contributed by atoms with E-state index in [1.165, 1.54) is 0 Å². The van der Waals surface area contributed by atoms with E-state index < -0.39 is 22.6 Å². The van der Waals surface area contributed by atoms with Crippen LogP contribution in [0.2, 0.25) is 0 Å². The first-order chi connectivity index (χ1) is 16.9. The zero-order valence-electron chi connectivity index (χ0n) is 19.6. The van der Waals surface area contributed by atoms with Crippen LogP contribution in [-0.4, -0.2) is 59.1 Å². The van der Waals surface area contributed by atoms with E-state index in [0.717, 1.165) is 49.0 Å². The molecule has 10 nitrogen and oxygen atoms in total. The number of fused-ring (bicyclic) bond motifs is 1. The molecule has 2 aromatic rings. The van der Waals surface area contributed by atoms with E-state index in [4.69, 9.17) is 9.47 Å². The Bertz CT molecular complexity index is 1180. The summed E-state index contributed by atoms with van der Waals surface area (Å²) >= 11 is 0. The fourth-order valence-electron chi connectivity index (χ4n) is 4.41. The van der Waals surface area contributed by atoms with Crippen molar-refractivity contribution in [2.75, 3.05) is 25.0 Å². The van der Waals surface area contributed by atoms with Crippen molar-refractivity contribution in [1.29, 1.82) is 0 Å². The van der Waals surface area contributed by atoms with Crippen molar-refractivity contribution < 1.29 is 33.6 Å². The smallest absolute Gasteiger partial charge is 0.508 e. The molecule has 1 fully saturated rings. The number of pyridine rings is 1. The van der Waals surface area contributed by atoms with E-state index in [0.29, 0.717) is 5.69 Å². The molecule has 1 atom stereocenters. The van der Waals surface area contributed by atoms with Crippen molar-refractivity contribution in [3.63, 3.8) is 0 Å². The zero-order chi connectivity index (χ0) is 24.8. The lowest BCUT2D eigenvalue weighted by atomic mass is 9.98. The van der Waals surface area contributed by atoms with Gasteiger partial charge < -0.3 is 24.7 Å². The van der Waals surface area contributed by atoms with Crippen molar-refractivity contribution in [2.24, 2.45) is 5.10 Å². The third-order valence-electron chi connectivity index (χ3n) is 6.35. The van der Waals surface area contributed by atoms with Gasteiger partial charge >= 0.3 is 12.1 Å². The van der Waals surface area contributed by atoms with Crippen molar-refractivity contribution in [3.8, 4) is 0 Å². The SMILES string of the molecule is CC[N+]1(CCOC(=O)OC2CCCCC2)N=C(C(=O)[O-])C=C(Nc2cncc3ccccc23)C1=O. The number of nitrogens with zero attached hydrogens (tertiary/aromatic N) is 3. The minimum absolute atomic E-state index is 0.0315. The van der Waals surface area contributed by atoms with Gasteiger partial charge in [0.05, 0.1) is 17.9 Å². The molecule has 35 heavy (non-hydrogen) atoms. The number of ether oxygens (including phenoxy) is 2. The number of carboxylic acids is 1. The Labute approximate surface area is 202 Å². The summed E-state index contributed by atoms with van der Waals surface area (Å²) < 4.78 is 9.97. The van der Waals surface area contributed by atoms with Crippen LogP contribution >= 0.6 is 0 Å². The molecule has 1 aromatic heterocycles. The fraction of sp³-hybridized carbons (Fsp3) is 0.400. The van der Waals surface area contributed by atoms with Crippen LogP contribution in [0.1, 0.15) is 39.0 Å². The average molecular weight is 481 g/mol. The molecule has 1 aliphatic carbocycles. The summed E-state index contributed by atoms with van der Waals surface area (Å²) in [6, 6.07) is 7.48. The highest BCUT2D eigenvalue weighted by Gasteiger charge is 2.42. The topological polar surface area (TPSA) is 130 Å². The van der Waals surface area contributed by atoms with Crippen LogP contribution in [0.15, 0.2) is 53.5 Å². The molecule has 184 valence electrons. The number of rotatable bonds is 8. The molecule has 0 bridgehead atoms. The van der Waals surface area contributed by atoms with Crippen molar-refractivity contribution >= 4 is 40.2 Å². The number of carboxylic acid groups (broad SMARTS) is 1. The number of carbonyl (C=O) groups excluding carboxylic acids is 3. The van der Waals surface area contributed by atoms with Gasteiger partial charge in [0.25, 0.3) is 0 Å². The number of carbonyl (C=O) groups is 3. The maximum atomic E-state index is 13.5. The molecule has 4 rings (SSSR count). The summed E-state index contributed by atoms with van der Waals surface area (Å²) in [5, 5.41) is 20.6. The number of hydrogen-bond donors (Lipinski definition) is 1. The number of aromatic nitrogens is 1. The van der Waals surface area contributed by atoms with Gasteiger partial charge in [0.15, 0.2) is 0 Å². The normalized spacial score (nSPS) is 20.7. The van der Waals surface area contributed by atoms with Gasteiger partial charge in [-0.3, -0.25) is 4.98 Å². The first-order valence-corrected chi connectivity index (χ1v) is 11.8. The number of hydrogen-bond acceptors (Lipinski definition) is 9. The molecule has 1 N–H and O–H groups in total. The molecular formula is C25H28N4O6. The van der Waals surface area contributed by atoms with E-state index in [1.54, 1.807) is 19.3 Å². The second-order valence-electron chi connectivity index (χ2n) is 8.61. The fourth-order valence-corrected chi connectivity index (χ4v) is 4.41. The first kappa shape index (κ1) is 24.3. The molecule has 1 amide bonds. The molecule has 1 aliphatic heterocycles. The molecular weight excluding hydrogens is 452 g/mol. The quantitative estimate of drug-likeness (QED) is 0.451. The van der Waals surface area contributed by atoms with Gasteiger partial charge in [0.2, 0.25) is 0 Å². The van der Waals surface area contributed by atoms with E-state index in [1.807, 2.05) is 24.3 Å². The Morgan fingerprint density at radius 3 is 2.69 bits per heavy atom. The highest BCUT2D eigenvalue weighted by molar-refractivity contribution is 6.40. The minimum Gasteiger partial charge on any atom is -0.543 e. The van der Waals surface area contributed by atoms with E-state index >= 15 is 0 Å². The maximum Gasteiger partial charge on any atom is 0.508 e. The largest absolute Gasteiger partial charge is 0.543 e. The van der Waals surface area contributed by atoms with Crippen LogP contribution < -0.4 is 10.4 Å². The first-order valence-electron chi connectivity index (χ1n) is 11.8. The molecule has 1 aromatic carbocycles. The number of nitrogens with one attached hydrogen (secondary N) is 1.